The third kappa shape index (κ3) is 3.65. The Kier molecular flexibility index (Phi) is 5.22. The van der Waals surface area contributed by atoms with Gasteiger partial charge in [0.05, 0.1) is 17.2 Å². The molecule has 0 N–H and O–H groups in total. The van der Waals surface area contributed by atoms with Gasteiger partial charge in [0.25, 0.3) is 0 Å². The first-order valence-electron chi connectivity index (χ1n) is 10.2. The minimum absolute atomic E-state index is 0.0734. The smallest absolute Gasteiger partial charge is 0.410 e. The zero-order valence-electron chi connectivity index (χ0n) is 17.5. The maximum absolute atomic E-state index is 13.4. The number of carbonyl (C=O) groups excluding carboxylic acids is 2. The highest BCUT2D eigenvalue weighted by Gasteiger charge is 2.62. The monoisotopic (exact) mass is 427 g/mol. The number of amides is 2. The van der Waals surface area contributed by atoms with E-state index in [2.05, 4.69) is 4.98 Å². The van der Waals surface area contributed by atoms with Gasteiger partial charge in [0.1, 0.15) is 5.60 Å². The molecule has 0 radical (unpaired) electrons. The summed E-state index contributed by atoms with van der Waals surface area (Å²) in [6.07, 6.45) is 2.59. The number of hydrogen-bond acceptors (Lipinski definition) is 4. The van der Waals surface area contributed by atoms with E-state index in [9.17, 15) is 9.59 Å². The van der Waals surface area contributed by atoms with Crippen molar-refractivity contribution < 1.29 is 14.3 Å². The van der Waals surface area contributed by atoms with Crippen LogP contribution in [0, 0.1) is 5.41 Å². The summed E-state index contributed by atoms with van der Waals surface area (Å²) in [5.74, 6) is 0.0734. The second-order valence-corrected chi connectivity index (χ2v) is 9.37. The number of benzene rings is 1. The third-order valence-corrected chi connectivity index (χ3v) is 6.06. The Labute approximate surface area is 181 Å². The molecule has 2 aromatic rings. The predicted molar refractivity (Wildman–Crippen MR) is 115 cm³/mol. The van der Waals surface area contributed by atoms with E-state index in [1.54, 1.807) is 23.2 Å². The van der Waals surface area contributed by atoms with Crippen molar-refractivity contribution in [2.24, 2.45) is 5.41 Å². The topological polar surface area (TPSA) is 62.7 Å². The third-order valence-electron chi connectivity index (χ3n) is 5.81. The molecule has 4 rings (SSSR count). The normalized spacial score (nSPS) is 20.8. The molecule has 2 aliphatic rings. The molecule has 2 fully saturated rings. The van der Waals surface area contributed by atoms with Crippen LogP contribution in [0.1, 0.15) is 45.3 Å². The van der Waals surface area contributed by atoms with Crippen LogP contribution in [0.2, 0.25) is 5.02 Å². The van der Waals surface area contributed by atoms with E-state index < -0.39 is 11.0 Å². The molecule has 1 aromatic carbocycles. The zero-order chi connectivity index (χ0) is 21.5. The molecular weight excluding hydrogens is 402 g/mol. The van der Waals surface area contributed by atoms with Gasteiger partial charge >= 0.3 is 6.09 Å². The minimum atomic E-state index is -0.563. The Balaban J connectivity index is 1.59. The molecule has 30 heavy (non-hydrogen) atoms. The number of nitrogens with zero attached hydrogens (tertiary/aromatic N) is 3. The van der Waals surface area contributed by atoms with Crippen LogP contribution in [0.25, 0.3) is 0 Å². The van der Waals surface area contributed by atoms with Gasteiger partial charge in [-0.15, -0.1) is 0 Å². The fourth-order valence-corrected chi connectivity index (χ4v) is 4.50. The van der Waals surface area contributed by atoms with Gasteiger partial charge in [0.2, 0.25) is 5.91 Å². The second-order valence-electron chi connectivity index (χ2n) is 8.93. The van der Waals surface area contributed by atoms with Gasteiger partial charge in [-0.1, -0.05) is 17.7 Å². The van der Waals surface area contributed by atoms with E-state index in [1.807, 2.05) is 56.0 Å². The van der Waals surface area contributed by atoms with E-state index >= 15 is 0 Å². The van der Waals surface area contributed by atoms with Crippen molar-refractivity contribution in [1.82, 2.24) is 9.88 Å². The van der Waals surface area contributed by atoms with E-state index in [4.69, 9.17) is 16.3 Å². The number of anilines is 1. The van der Waals surface area contributed by atoms with Crippen LogP contribution in [0.4, 0.5) is 10.5 Å². The molecule has 6 nitrogen and oxygen atoms in total. The minimum Gasteiger partial charge on any atom is -0.444 e. The largest absolute Gasteiger partial charge is 0.444 e. The summed E-state index contributed by atoms with van der Waals surface area (Å²) in [6, 6.07) is 12.9. The Morgan fingerprint density at radius 1 is 1.13 bits per heavy atom. The number of halogens is 1. The van der Waals surface area contributed by atoms with Gasteiger partial charge in [-0.3, -0.25) is 9.78 Å². The molecule has 1 spiro atoms. The lowest BCUT2D eigenvalue weighted by Gasteiger charge is -2.58. The van der Waals surface area contributed by atoms with E-state index in [1.165, 1.54) is 0 Å². The highest BCUT2D eigenvalue weighted by atomic mass is 35.5. The molecule has 0 aliphatic carbocycles. The molecule has 2 aliphatic heterocycles. The number of ether oxygens (including phenoxy) is 1. The highest BCUT2D eigenvalue weighted by molar-refractivity contribution is 6.30. The summed E-state index contributed by atoms with van der Waals surface area (Å²) in [5, 5.41) is 0.626. The quantitative estimate of drug-likeness (QED) is 0.643. The molecule has 2 saturated heterocycles. The highest BCUT2D eigenvalue weighted by Crippen LogP contribution is 2.57. The number of likely N-dealkylation sites (tertiary alicyclic amines) is 1. The summed E-state index contributed by atoms with van der Waals surface area (Å²) < 4.78 is 5.50. The van der Waals surface area contributed by atoms with Gasteiger partial charge in [-0.25, -0.2) is 4.79 Å². The van der Waals surface area contributed by atoms with Gasteiger partial charge in [-0.2, -0.15) is 0 Å². The molecule has 158 valence electrons. The first kappa shape index (κ1) is 20.7. The predicted octanol–water partition coefficient (Wildman–Crippen LogP) is 4.84. The zero-order valence-corrected chi connectivity index (χ0v) is 18.2. The van der Waals surface area contributed by atoms with Crippen molar-refractivity contribution in [1.29, 1.82) is 0 Å². The Morgan fingerprint density at radius 3 is 2.37 bits per heavy atom. The molecule has 1 atom stereocenters. The van der Waals surface area contributed by atoms with E-state index in [-0.39, 0.29) is 18.0 Å². The SMILES string of the molecule is CC(C)(C)OC(=O)N1CCC2(CC1)C(=O)N(c1ccc(Cl)cc1)C2c1ccccn1. The van der Waals surface area contributed by atoms with Crippen LogP contribution in [-0.2, 0) is 9.53 Å². The van der Waals surface area contributed by atoms with Crippen molar-refractivity contribution in [2.75, 3.05) is 18.0 Å². The Hall–Kier alpha value is -2.60. The van der Waals surface area contributed by atoms with Crippen molar-refractivity contribution in [3.05, 3.63) is 59.4 Å². The standard InChI is InChI=1S/C23H26ClN3O3/c1-22(2,3)30-21(29)26-14-11-23(12-15-26)19(18-6-4-5-13-25-18)27(20(23)28)17-9-7-16(24)8-10-17/h4-10,13,19H,11-12,14-15H2,1-3H3. The van der Waals surface area contributed by atoms with Crippen LogP contribution < -0.4 is 4.90 Å². The number of rotatable bonds is 2. The summed E-state index contributed by atoms with van der Waals surface area (Å²) in [7, 11) is 0. The summed E-state index contributed by atoms with van der Waals surface area (Å²) >= 11 is 6.04. The Morgan fingerprint density at radius 2 is 1.80 bits per heavy atom. The van der Waals surface area contributed by atoms with Crippen LogP contribution >= 0.6 is 11.6 Å². The molecule has 3 heterocycles. The lowest BCUT2D eigenvalue weighted by atomic mass is 9.63. The number of β-lactam (4-membered cyclic amide) rings is 1. The lowest BCUT2D eigenvalue weighted by Crippen LogP contribution is -2.67. The molecular formula is C23H26ClN3O3. The molecule has 0 saturated carbocycles. The van der Waals surface area contributed by atoms with E-state index in [0.29, 0.717) is 31.0 Å². The molecule has 2 amide bonds. The Bertz CT molecular complexity index is 932. The van der Waals surface area contributed by atoms with Gasteiger partial charge in [0, 0.05) is 30.0 Å². The van der Waals surface area contributed by atoms with Crippen LogP contribution in [0.5, 0.6) is 0 Å². The average Bonchev–Trinajstić information content (AvgIpc) is 2.72. The van der Waals surface area contributed by atoms with Crippen LogP contribution in [-0.4, -0.2) is 40.6 Å². The molecule has 1 unspecified atom stereocenters. The maximum atomic E-state index is 13.4. The van der Waals surface area contributed by atoms with Crippen molar-refractivity contribution in [3.8, 4) is 0 Å². The van der Waals surface area contributed by atoms with Crippen LogP contribution in [0.15, 0.2) is 48.7 Å². The summed E-state index contributed by atoms with van der Waals surface area (Å²) in [5.41, 5.74) is 0.561. The lowest BCUT2D eigenvalue weighted by molar-refractivity contribution is -0.145. The first-order valence-corrected chi connectivity index (χ1v) is 10.6. The number of hydrogen-bond donors (Lipinski definition) is 0. The molecule has 0 bridgehead atoms. The van der Waals surface area contributed by atoms with Gasteiger partial charge in [-0.05, 0) is 70.0 Å². The average molecular weight is 428 g/mol. The maximum Gasteiger partial charge on any atom is 0.410 e. The van der Waals surface area contributed by atoms with Gasteiger partial charge < -0.3 is 14.5 Å². The number of pyridine rings is 1. The van der Waals surface area contributed by atoms with Gasteiger partial charge in [0.15, 0.2) is 0 Å². The van der Waals surface area contributed by atoms with E-state index in [0.717, 1.165) is 11.4 Å². The summed E-state index contributed by atoms with van der Waals surface area (Å²) in [4.78, 5) is 34.0. The van der Waals surface area contributed by atoms with Crippen molar-refractivity contribution in [2.45, 2.75) is 45.3 Å². The van der Waals surface area contributed by atoms with Crippen molar-refractivity contribution >= 4 is 29.3 Å². The number of carbonyl (C=O) groups is 2. The fraction of sp³-hybridized carbons (Fsp3) is 0.435. The second kappa shape index (κ2) is 7.58. The first-order chi connectivity index (χ1) is 14.2. The number of piperidine rings is 1. The summed E-state index contributed by atoms with van der Waals surface area (Å²) in [6.45, 7) is 6.53. The number of aromatic nitrogens is 1. The molecule has 1 aromatic heterocycles. The molecule has 7 heteroatoms. The van der Waals surface area contributed by atoms with Crippen LogP contribution in [0.3, 0.4) is 0 Å². The van der Waals surface area contributed by atoms with Crippen molar-refractivity contribution in [3.63, 3.8) is 0 Å². The fourth-order valence-electron chi connectivity index (χ4n) is 4.38.